The first-order valence-corrected chi connectivity index (χ1v) is 18.6. The number of guanidine groups is 4. The molecule has 0 saturated heterocycles. The zero-order chi connectivity index (χ0) is 50.2. The number of nitrogens with two attached hydrogens (primary N) is 9. The summed E-state index contributed by atoms with van der Waals surface area (Å²) in [5, 5.41) is 32.9. The third kappa shape index (κ3) is 16.5. The number of hydrogen-bond donors (Lipinski definition) is 15. The van der Waals surface area contributed by atoms with Gasteiger partial charge in [0.15, 0.2) is 23.8 Å². The number of nitrogens with zero attached hydrogens (tertiary/aromatic N) is 6. The van der Waals surface area contributed by atoms with Crippen LogP contribution in [0.1, 0.15) is 37.4 Å². The molecule has 29 nitrogen and oxygen atoms in total. The molecule has 0 saturated carbocycles. The van der Waals surface area contributed by atoms with Crippen LogP contribution in [0.25, 0.3) is 0 Å². The maximum atomic E-state index is 14.3. The van der Waals surface area contributed by atoms with Crippen LogP contribution in [0, 0.1) is 16.0 Å². The molecule has 24 N–H and O–H groups in total. The van der Waals surface area contributed by atoms with Crippen LogP contribution in [-0.4, -0.2) is 107 Å². The lowest BCUT2D eigenvalue weighted by Gasteiger charge is -2.33. The molecular weight excluding hydrogens is 889 g/mol. The minimum Gasteiger partial charge on any atom is -0.370 e. The quantitative estimate of drug-likeness (QED) is 0.0172. The molecule has 0 aliphatic carbocycles. The summed E-state index contributed by atoms with van der Waals surface area (Å²) in [6, 6.07) is 6.69. The van der Waals surface area contributed by atoms with Gasteiger partial charge in [-0.05, 0) is 24.0 Å². The van der Waals surface area contributed by atoms with Gasteiger partial charge in [-0.3, -0.25) is 38.9 Å². The van der Waals surface area contributed by atoms with Gasteiger partial charge in [0.05, 0.1) is 16.2 Å². The number of carbonyl (C=O) groups is 6. The van der Waals surface area contributed by atoms with Crippen LogP contribution in [0.3, 0.4) is 0 Å². The predicted molar refractivity (Wildman–Crippen MR) is 228 cm³/mol. The zero-order valence-corrected chi connectivity index (χ0v) is 34.8. The molecule has 32 heteroatoms. The topological polar surface area (TPSA) is 513 Å². The Morgan fingerprint density at radius 1 is 0.667 bits per heavy atom. The molecular formula is C34H49F3N20O9. The number of aliphatic hydroxyl groups is 1. The number of primary amides is 1. The van der Waals surface area contributed by atoms with Crippen molar-refractivity contribution in [3.63, 3.8) is 0 Å². The third-order valence-corrected chi connectivity index (χ3v) is 8.21. The minimum absolute atomic E-state index is 0.0420. The molecule has 6 unspecified atom stereocenters. The molecule has 0 fully saturated rings. The summed E-state index contributed by atoms with van der Waals surface area (Å²) in [5.41, 5.74) is 45.0. The van der Waals surface area contributed by atoms with Crippen molar-refractivity contribution in [3.8, 4) is 0 Å². The van der Waals surface area contributed by atoms with Crippen molar-refractivity contribution in [3.05, 3.63) is 69.8 Å². The van der Waals surface area contributed by atoms with E-state index in [2.05, 4.69) is 30.6 Å². The Bertz CT molecular complexity index is 2230. The second kappa shape index (κ2) is 23.7. The van der Waals surface area contributed by atoms with E-state index in [1.54, 1.807) is 13.8 Å². The zero-order valence-electron chi connectivity index (χ0n) is 34.8. The molecule has 6 amide bonds. The summed E-state index contributed by atoms with van der Waals surface area (Å²) < 4.78 is 42.9. The first-order valence-electron chi connectivity index (χ1n) is 18.6. The second-order valence-corrected chi connectivity index (χ2v) is 13.8. The number of benzene rings is 2. The van der Waals surface area contributed by atoms with Gasteiger partial charge in [-0.1, -0.05) is 44.2 Å². The highest BCUT2D eigenvalue weighted by Crippen LogP contribution is 2.39. The lowest BCUT2D eigenvalue weighted by molar-refractivity contribution is -0.385. The van der Waals surface area contributed by atoms with E-state index >= 15 is 0 Å². The largest absolute Gasteiger partial charge is 0.418 e. The van der Waals surface area contributed by atoms with E-state index in [1.807, 2.05) is 16.0 Å². The van der Waals surface area contributed by atoms with Crippen LogP contribution in [0.15, 0.2) is 68.5 Å². The highest BCUT2D eigenvalue weighted by Gasteiger charge is 2.40. The second-order valence-electron chi connectivity index (χ2n) is 13.8. The lowest BCUT2D eigenvalue weighted by atomic mass is 10.0. The Morgan fingerprint density at radius 3 is 1.48 bits per heavy atom. The van der Waals surface area contributed by atoms with Crippen LogP contribution in [0.4, 0.5) is 24.5 Å². The molecule has 360 valence electrons. The van der Waals surface area contributed by atoms with E-state index in [-0.39, 0.29) is 24.0 Å². The van der Waals surface area contributed by atoms with Crippen molar-refractivity contribution in [1.82, 2.24) is 26.6 Å². The number of alkyl halides is 3. The summed E-state index contributed by atoms with van der Waals surface area (Å²) >= 11 is 0. The Labute approximate surface area is 371 Å². The van der Waals surface area contributed by atoms with Crippen molar-refractivity contribution >= 4 is 70.7 Å². The number of hydrogen-bond acceptors (Lipinski definition) is 14. The summed E-state index contributed by atoms with van der Waals surface area (Å²) in [5.74, 6) is -11.8. The number of rotatable bonds is 22. The molecule has 0 heterocycles. The number of non-ortho nitro benzene ring substituents is 1. The number of halogens is 3. The van der Waals surface area contributed by atoms with Crippen molar-refractivity contribution in [1.29, 1.82) is 0 Å². The molecule has 0 radical (unpaired) electrons. The van der Waals surface area contributed by atoms with Gasteiger partial charge in [-0.15, -0.1) is 0 Å². The molecule has 0 spiro atoms. The predicted octanol–water partition coefficient (Wildman–Crippen LogP) is -6.01. The lowest BCUT2D eigenvalue weighted by Crippen LogP contribution is -2.58. The van der Waals surface area contributed by atoms with Crippen LogP contribution in [-0.2, 0) is 34.9 Å². The number of nitro groups is 1. The van der Waals surface area contributed by atoms with E-state index in [9.17, 15) is 57.2 Å². The van der Waals surface area contributed by atoms with Gasteiger partial charge in [-0.2, -0.15) is 13.2 Å². The summed E-state index contributed by atoms with van der Waals surface area (Å²) in [6.45, 7) is 2.98. The van der Waals surface area contributed by atoms with E-state index in [0.29, 0.717) is 11.0 Å². The standard InChI is InChI=1S/C34H49F3N20O9/c1-13(2)10-11-56(17-9-8-15(57(65)66)12-16(17)34(35,36)37)29(64)28(63)47-18(14-6-4-3-5-7-14)24(59)49-21(53-31(41)42)26(61)51-23(55-33(45)46)27(62)50-22(54-32(43)44)25(60)48-20(19(38)58)52-30(39)40/h3-9,12-13,18,20-23,29,64H,10-11H2,1-2H3,(H2,38,58)(H,47,63)(H,48,60)(H,49,59)(H,50,62)(H,51,61)(H4,39,40,52)(H4,41,42,53)(H4,43,44,54)(H4,45,46,55). The number of amides is 6. The molecule has 0 bridgehead atoms. The Morgan fingerprint density at radius 2 is 1.09 bits per heavy atom. The number of aliphatic imine (C=N–C) groups is 4. The SMILES string of the molecule is CC(C)CCN(c1ccc([N+](=O)[O-])cc1C(F)(F)F)C(O)C(=O)NC(C(=O)NC(N=C(N)N)C(=O)NC(N=C(N)N)C(=O)NC(N=C(N)N)C(=O)NC(N=C(N)N)C(N)=O)c1ccccc1. The van der Waals surface area contributed by atoms with Crippen molar-refractivity contribution in [2.24, 2.45) is 77.5 Å². The highest BCUT2D eigenvalue weighted by molar-refractivity contribution is 5.99. The molecule has 0 aromatic heterocycles. The monoisotopic (exact) mass is 938 g/mol. The normalized spacial score (nSPS) is 13.6. The van der Waals surface area contributed by atoms with Crippen molar-refractivity contribution in [2.75, 3.05) is 11.4 Å². The van der Waals surface area contributed by atoms with Crippen molar-refractivity contribution in [2.45, 2.75) is 63.4 Å². The van der Waals surface area contributed by atoms with Gasteiger partial charge in [0, 0.05) is 18.7 Å². The molecule has 2 aromatic rings. The fourth-order valence-corrected chi connectivity index (χ4v) is 5.28. The molecule has 2 aromatic carbocycles. The first-order chi connectivity index (χ1) is 30.6. The van der Waals surface area contributed by atoms with E-state index in [0.717, 1.165) is 6.07 Å². The number of carbonyl (C=O) groups excluding carboxylic acids is 6. The molecule has 6 atom stereocenters. The summed E-state index contributed by atoms with van der Waals surface area (Å²) in [4.78, 5) is 105. The first kappa shape index (κ1) is 53.4. The Kier molecular flexibility index (Phi) is 19.1. The molecule has 66 heavy (non-hydrogen) atoms. The van der Waals surface area contributed by atoms with E-state index in [4.69, 9.17) is 51.6 Å². The maximum Gasteiger partial charge on any atom is 0.418 e. The fraction of sp³-hybridized carbons (Fsp3) is 0.353. The van der Waals surface area contributed by atoms with Crippen LogP contribution in [0.2, 0.25) is 0 Å². The summed E-state index contributed by atoms with van der Waals surface area (Å²) in [6.07, 6.45) is -16.1. The van der Waals surface area contributed by atoms with Crippen LogP contribution in [0.5, 0.6) is 0 Å². The average molecular weight is 939 g/mol. The van der Waals surface area contributed by atoms with Gasteiger partial charge in [0.1, 0.15) is 6.04 Å². The van der Waals surface area contributed by atoms with Gasteiger partial charge < -0.3 is 88.2 Å². The smallest absolute Gasteiger partial charge is 0.370 e. The Balaban J connectivity index is 2.55. The maximum absolute atomic E-state index is 14.3. The van der Waals surface area contributed by atoms with Gasteiger partial charge >= 0.3 is 6.18 Å². The summed E-state index contributed by atoms with van der Waals surface area (Å²) in [7, 11) is 0. The van der Waals surface area contributed by atoms with Gasteiger partial charge in [0.2, 0.25) is 36.8 Å². The van der Waals surface area contributed by atoms with Gasteiger partial charge in [0.25, 0.3) is 35.2 Å². The van der Waals surface area contributed by atoms with E-state index in [1.165, 1.54) is 30.3 Å². The van der Waals surface area contributed by atoms with Crippen LogP contribution >= 0.6 is 0 Å². The molecule has 0 aliphatic heterocycles. The number of nitrogens with one attached hydrogen (secondary N) is 5. The third-order valence-electron chi connectivity index (χ3n) is 8.21. The van der Waals surface area contributed by atoms with Gasteiger partial charge in [-0.25, -0.2) is 20.0 Å². The fourth-order valence-electron chi connectivity index (χ4n) is 5.28. The number of nitro benzene ring substituents is 1. The molecule has 0 aliphatic rings. The molecule has 2 rings (SSSR count). The van der Waals surface area contributed by atoms with Crippen molar-refractivity contribution < 1.29 is 52.0 Å². The average Bonchev–Trinajstić information content (AvgIpc) is 3.20. The Hall–Kier alpha value is -8.71. The van der Waals surface area contributed by atoms with E-state index < -0.39 is 131 Å². The number of aliphatic hydroxyl groups excluding tert-OH is 1. The van der Waals surface area contributed by atoms with Crippen LogP contribution < -0.4 is 83.1 Å². The number of anilines is 1. The minimum atomic E-state index is -5.21. The highest BCUT2D eigenvalue weighted by atomic mass is 19.4.